The van der Waals surface area contributed by atoms with E-state index in [9.17, 15) is 8.42 Å². The van der Waals surface area contributed by atoms with Crippen molar-refractivity contribution in [2.24, 2.45) is 0 Å². The summed E-state index contributed by atoms with van der Waals surface area (Å²) < 4.78 is 43.3. The Morgan fingerprint density at radius 3 is 2.70 bits per heavy atom. The van der Waals surface area contributed by atoms with Gasteiger partial charge in [-0.05, 0) is 24.3 Å². The van der Waals surface area contributed by atoms with Crippen LogP contribution in [0.25, 0.3) is 11.5 Å². The fourth-order valence-electron chi connectivity index (χ4n) is 2.33. The fourth-order valence-corrected chi connectivity index (χ4v) is 3.51. The van der Waals surface area contributed by atoms with Gasteiger partial charge in [-0.3, -0.25) is 4.98 Å². The Morgan fingerprint density at radius 2 is 2.00 bits per heavy atom. The number of aromatic nitrogens is 3. The molecule has 0 saturated heterocycles. The molecule has 0 bridgehead atoms. The van der Waals surface area contributed by atoms with Gasteiger partial charge in [0.1, 0.15) is 16.4 Å². The monoisotopic (exact) mass is 390 g/mol. The molecule has 0 atom stereocenters. The Hall–Kier alpha value is -2.98. The quantitative estimate of drug-likeness (QED) is 0.617. The molecule has 0 saturated carbocycles. The number of nitrogens with one attached hydrogen (secondary N) is 1. The van der Waals surface area contributed by atoms with Crippen LogP contribution in [0.3, 0.4) is 0 Å². The number of sulfonamides is 1. The Balaban J connectivity index is 1.66. The first kappa shape index (κ1) is 18.8. The van der Waals surface area contributed by atoms with Crippen molar-refractivity contribution in [2.75, 3.05) is 20.8 Å². The molecule has 10 heteroatoms. The van der Waals surface area contributed by atoms with Gasteiger partial charge in [0.15, 0.2) is 0 Å². The van der Waals surface area contributed by atoms with Crippen LogP contribution in [0.2, 0.25) is 0 Å². The molecule has 0 amide bonds. The van der Waals surface area contributed by atoms with E-state index in [1.807, 2.05) is 0 Å². The smallest absolute Gasteiger partial charge is 0.249 e. The average molecular weight is 390 g/mol. The van der Waals surface area contributed by atoms with Crippen LogP contribution < -0.4 is 14.2 Å². The first-order chi connectivity index (χ1) is 13.0. The highest BCUT2D eigenvalue weighted by Crippen LogP contribution is 2.28. The standard InChI is InChI=1S/C17H18N4O5S/c1-24-13-5-6-15(14(10-13)25-2)27(22,23)19-9-7-16-20-21-17(26-16)12-4-3-8-18-11-12/h3-6,8,10-11,19H,7,9H2,1-2H3. The number of pyridine rings is 1. The number of methoxy groups -OCH3 is 2. The van der Waals surface area contributed by atoms with E-state index in [4.69, 9.17) is 13.9 Å². The van der Waals surface area contributed by atoms with Crippen molar-refractivity contribution in [3.63, 3.8) is 0 Å². The molecule has 27 heavy (non-hydrogen) atoms. The highest BCUT2D eigenvalue weighted by molar-refractivity contribution is 7.89. The predicted molar refractivity (Wildman–Crippen MR) is 96.0 cm³/mol. The lowest BCUT2D eigenvalue weighted by atomic mass is 10.3. The zero-order valence-electron chi connectivity index (χ0n) is 14.7. The zero-order valence-corrected chi connectivity index (χ0v) is 15.6. The Kier molecular flexibility index (Phi) is 5.67. The lowest BCUT2D eigenvalue weighted by molar-refractivity contribution is 0.386. The van der Waals surface area contributed by atoms with Crippen molar-refractivity contribution in [3.05, 3.63) is 48.6 Å². The largest absolute Gasteiger partial charge is 0.497 e. The third-order valence-electron chi connectivity index (χ3n) is 3.67. The maximum absolute atomic E-state index is 12.5. The third kappa shape index (κ3) is 4.41. The Labute approximate surface area is 156 Å². The van der Waals surface area contributed by atoms with Crippen molar-refractivity contribution in [1.82, 2.24) is 19.9 Å². The minimum Gasteiger partial charge on any atom is -0.497 e. The van der Waals surface area contributed by atoms with Crippen molar-refractivity contribution in [2.45, 2.75) is 11.3 Å². The summed E-state index contributed by atoms with van der Waals surface area (Å²) in [5.74, 6) is 1.34. The molecule has 9 nitrogen and oxygen atoms in total. The number of rotatable bonds is 8. The van der Waals surface area contributed by atoms with Crippen LogP contribution in [0.1, 0.15) is 5.89 Å². The van der Waals surface area contributed by atoms with E-state index in [0.717, 1.165) is 0 Å². The summed E-state index contributed by atoms with van der Waals surface area (Å²) in [6.07, 6.45) is 3.49. The maximum atomic E-state index is 12.5. The molecular formula is C17H18N4O5S. The molecule has 0 unspecified atom stereocenters. The van der Waals surface area contributed by atoms with Crippen LogP contribution in [-0.4, -0.2) is 44.4 Å². The summed E-state index contributed by atoms with van der Waals surface area (Å²) in [6.45, 7) is 0.0895. The third-order valence-corrected chi connectivity index (χ3v) is 5.17. The number of nitrogens with zero attached hydrogens (tertiary/aromatic N) is 3. The van der Waals surface area contributed by atoms with Gasteiger partial charge in [0.25, 0.3) is 0 Å². The Morgan fingerprint density at radius 1 is 1.15 bits per heavy atom. The summed E-state index contributed by atoms with van der Waals surface area (Å²) in [6, 6.07) is 8.04. The van der Waals surface area contributed by atoms with Crippen LogP contribution in [0.5, 0.6) is 11.5 Å². The molecule has 3 aromatic rings. The van der Waals surface area contributed by atoms with E-state index in [2.05, 4.69) is 19.9 Å². The molecular weight excluding hydrogens is 372 g/mol. The lowest BCUT2D eigenvalue weighted by Crippen LogP contribution is -2.26. The zero-order chi connectivity index (χ0) is 19.3. The molecule has 3 rings (SSSR count). The molecule has 1 N–H and O–H groups in total. The molecule has 2 aromatic heterocycles. The van der Waals surface area contributed by atoms with Gasteiger partial charge in [-0.2, -0.15) is 0 Å². The van der Waals surface area contributed by atoms with Crippen LogP contribution in [0, 0.1) is 0 Å². The topological polar surface area (TPSA) is 116 Å². The molecule has 0 aliphatic rings. The second kappa shape index (κ2) is 8.14. The van der Waals surface area contributed by atoms with Crippen LogP contribution in [0.15, 0.2) is 52.0 Å². The molecule has 0 fully saturated rings. The van der Waals surface area contributed by atoms with E-state index in [-0.39, 0.29) is 23.6 Å². The fraction of sp³-hybridized carbons (Fsp3) is 0.235. The minimum absolute atomic E-state index is 0.0207. The summed E-state index contributed by atoms with van der Waals surface area (Å²) in [4.78, 5) is 4.01. The van der Waals surface area contributed by atoms with Crippen LogP contribution >= 0.6 is 0 Å². The van der Waals surface area contributed by atoms with Crippen molar-refractivity contribution < 1.29 is 22.3 Å². The van der Waals surface area contributed by atoms with E-state index in [0.29, 0.717) is 23.1 Å². The van der Waals surface area contributed by atoms with E-state index in [1.165, 1.54) is 26.4 Å². The molecule has 142 valence electrons. The molecule has 0 radical (unpaired) electrons. The van der Waals surface area contributed by atoms with Crippen molar-refractivity contribution in [3.8, 4) is 23.0 Å². The van der Waals surface area contributed by atoms with Gasteiger partial charge in [-0.25, -0.2) is 13.1 Å². The van der Waals surface area contributed by atoms with E-state index >= 15 is 0 Å². The maximum Gasteiger partial charge on any atom is 0.249 e. The summed E-state index contributed by atoms with van der Waals surface area (Å²) in [7, 11) is -0.887. The first-order valence-electron chi connectivity index (χ1n) is 7.98. The number of hydrogen-bond donors (Lipinski definition) is 1. The predicted octanol–water partition coefficient (Wildman–Crippen LogP) is 1.67. The average Bonchev–Trinajstić information content (AvgIpc) is 3.17. The van der Waals surface area contributed by atoms with E-state index < -0.39 is 10.0 Å². The summed E-state index contributed by atoms with van der Waals surface area (Å²) in [5, 5.41) is 7.86. The SMILES string of the molecule is COc1ccc(S(=O)(=O)NCCc2nnc(-c3cccnc3)o2)c(OC)c1. The van der Waals surface area contributed by atoms with Gasteiger partial charge < -0.3 is 13.9 Å². The van der Waals surface area contributed by atoms with Gasteiger partial charge in [-0.1, -0.05) is 0 Å². The first-order valence-corrected chi connectivity index (χ1v) is 9.46. The second-order valence-corrected chi connectivity index (χ2v) is 7.14. The van der Waals surface area contributed by atoms with Crippen LogP contribution in [0.4, 0.5) is 0 Å². The van der Waals surface area contributed by atoms with Crippen molar-refractivity contribution in [1.29, 1.82) is 0 Å². The van der Waals surface area contributed by atoms with Crippen molar-refractivity contribution >= 4 is 10.0 Å². The molecule has 0 spiro atoms. The molecule has 1 aromatic carbocycles. The number of benzene rings is 1. The number of hydrogen-bond acceptors (Lipinski definition) is 8. The lowest BCUT2D eigenvalue weighted by Gasteiger charge is -2.11. The van der Waals surface area contributed by atoms with Gasteiger partial charge in [0, 0.05) is 31.4 Å². The highest BCUT2D eigenvalue weighted by atomic mass is 32.2. The molecule has 0 aliphatic carbocycles. The highest BCUT2D eigenvalue weighted by Gasteiger charge is 2.20. The van der Waals surface area contributed by atoms with E-state index in [1.54, 1.807) is 30.6 Å². The summed E-state index contributed by atoms with van der Waals surface area (Å²) >= 11 is 0. The van der Waals surface area contributed by atoms with Gasteiger partial charge in [0.05, 0.1) is 19.8 Å². The molecule has 2 heterocycles. The van der Waals surface area contributed by atoms with Gasteiger partial charge in [0.2, 0.25) is 21.8 Å². The minimum atomic E-state index is -3.77. The Bertz CT molecular complexity index is 1010. The second-order valence-electron chi connectivity index (χ2n) is 5.41. The van der Waals surface area contributed by atoms with Gasteiger partial charge >= 0.3 is 0 Å². The number of ether oxygens (including phenoxy) is 2. The van der Waals surface area contributed by atoms with Crippen LogP contribution in [-0.2, 0) is 16.4 Å². The van der Waals surface area contributed by atoms with Gasteiger partial charge in [-0.15, -0.1) is 10.2 Å². The normalized spacial score (nSPS) is 11.3. The summed E-state index contributed by atoms with van der Waals surface area (Å²) in [5.41, 5.74) is 0.694. The molecule has 0 aliphatic heterocycles.